The molecule has 2 aromatic rings. The number of aromatic carboxylic acids is 2. The summed E-state index contributed by atoms with van der Waals surface area (Å²) in [6, 6.07) is 11.5. The maximum atomic E-state index is 11.3. The third-order valence-electron chi connectivity index (χ3n) is 2.93. The second kappa shape index (κ2) is 4.94. The number of rotatable bonds is 3. The van der Waals surface area contributed by atoms with Crippen LogP contribution in [0.3, 0.4) is 0 Å². The van der Waals surface area contributed by atoms with Crippen molar-refractivity contribution in [3.05, 3.63) is 59.2 Å². The number of hydrogen-bond acceptors (Lipinski definition) is 2. The molecule has 0 saturated heterocycles. The van der Waals surface area contributed by atoms with E-state index < -0.39 is 11.9 Å². The van der Waals surface area contributed by atoms with Gasteiger partial charge in [-0.05, 0) is 35.7 Å². The summed E-state index contributed by atoms with van der Waals surface area (Å²) < 4.78 is 0. The molecule has 2 N–H and O–H groups in total. The molecule has 0 spiro atoms. The van der Waals surface area contributed by atoms with Crippen molar-refractivity contribution < 1.29 is 19.8 Å². The Morgan fingerprint density at radius 1 is 0.895 bits per heavy atom. The fraction of sp³-hybridized carbons (Fsp3) is 0.0667. The molecule has 96 valence electrons. The van der Waals surface area contributed by atoms with E-state index in [-0.39, 0.29) is 11.1 Å². The van der Waals surface area contributed by atoms with Gasteiger partial charge in [0.25, 0.3) is 0 Å². The van der Waals surface area contributed by atoms with Crippen molar-refractivity contribution in [3.63, 3.8) is 0 Å². The zero-order valence-electron chi connectivity index (χ0n) is 10.3. The van der Waals surface area contributed by atoms with Crippen LogP contribution < -0.4 is 0 Å². The summed E-state index contributed by atoms with van der Waals surface area (Å²) in [5.74, 6) is -2.28. The van der Waals surface area contributed by atoms with Crippen molar-refractivity contribution in [2.45, 2.75) is 6.92 Å². The average Bonchev–Trinajstić information content (AvgIpc) is 2.38. The molecular weight excluding hydrogens is 244 g/mol. The van der Waals surface area contributed by atoms with Gasteiger partial charge >= 0.3 is 11.9 Å². The smallest absolute Gasteiger partial charge is 0.336 e. The molecule has 2 aromatic carbocycles. The third kappa shape index (κ3) is 2.47. The lowest BCUT2D eigenvalue weighted by Crippen LogP contribution is -2.04. The number of aryl methyl sites for hydroxylation is 1. The average molecular weight is 256 g/mol. The fourth-order valence-electron chi connectivity index (χ4n) is 1.96. The Morgan fingerprint density at radius 3 is 2.16 bits per heavy atom. The standard InChI is InChI=1S/C15H12O4/c1-9-4-2-3-5-11(9)12-7-6-10(14(16)17)8-13(12)15(18)19/h2-8H,1H3,(H,16,17)(H,18,19). The highest BCUT2D eigenvalue weighted by molar-refractivity contribution is 5.99. The minimum Gasteiger partial charge on any atom is -0.478 e. The van der Waals surface area contributed by atoms with Crippen LogP contribution in [0.1, 0.15) is 26.3 Å². The second-order valence-electron chi connectivity index (χ2n) is 4.19. The van der Waals surface area contributed by atoms with Crippen molar-refractivity contribution in [2.75, 3.05) is 0 Å². The summed E-state index contributed by atoms with van der Waals surface area (Å²) in [4.78, 5) is 22.2. The Morgan fingerprint density at radius 2 is 1.58 bits per heavy atom. The van der Waals surface area contributed by atoms with Crippen molar-refractivity contribution >= 4 is 11.9 Å². The van der Waals surface area contributed by atoms with E-state index in [2.05, 4.69) is 0 Å². The first kappa shape index (κ1) is 12.8. The van der Waals surface area contributed by atoms with Crippen LogP contribution in [0.2, 0.25) is 0 Å². The summed E-state index contributed by atoms with van der Waals surface area (Å²) in [6.07, 6.45) is 0. The summed E-state index contributed by atoms with van der Waals surface area (Å²) in [7, 11) is 0. The second-order valence-corrected chi connectivity index (χ2v) is 4.19. The Bertz CT molecular complexity index is 659. The van der Waals surface area contributed by atoms with Crippen molar-refractivity contribution in [1.29, 1.82) is 0 Å². The van der Waals surface area contributed by atoms with Crippen LogP contribution >= 0.6 is 0 Å². The Kier molecular flexibility index (Phi) is 3.33. The van der Waals surface area contributed by atoms with Gasteiger partial charge < -0.3 is 10.2 Å². The van der Waals surface area contributed by atoms with Gasteiger partial charge in [0, 0.05) is 0 Å². The number of carboxylic acids is 2. The number of carbonyl (C=O) groups is 2. The number of hydrogen-bond donors (Lipinski definition) is 2. The van der Waals surface area contributed by atoms with Crippen molar-refractivity contribution in [3.8, 4) is 11.1 Å². The molecule has 0 aromatic heterocycles. The highest BCUT2D eigenvalue weighted by Gasteiger charge is 2.15. The lowest BCUT2D eigenvalue weighted by atomic mass is 9.94. The SMILES string of the molecule is Cc1ccccc1-c1ccc(C(=O)O)cc1C(=O)O. The van der Waals surface area contributed by atoms with E-state index in [1.165, 1.54) is 18.2 Å². The summed E-state index contributed by atoms with van der Waals surface area (Å²) in [5, 5.41) is 18.1. The van der Waals surface area contributed by atoms with Gasteiger partial charge in [0.1, 0.15) is 0 Å². The molecule has 0 bridgehead atoms. The van der Waals surface area contributed by atoms with Gasteiger partial charge in [0.05, 0.1) is 11.1 Å². The van der Waals surface area contributed by atoms with Crippen LogP contribution in [0.15, 0.2) is 42.5 Å². The van der Waals surface area contributed by atoms with Crippen LogP contribution in [-0.4, -0.2) is 22.2 Å². The monoisotopic (exact) mass is 256 g/mol. The van der Waals surface area contributed by atoms with Gasteiger partial charge in [-0.25, -0.2) is 9.59 Å². The first-order valence-electron chi connectivity index (χ1n) is 5.67. The predicted molar refractivity (Wildman–Crippen MR) is 70.5 cm³/mol. The zero-order chi connectivity index (χ0) is 14.0. The number of carboxylic acid groups (broad SMARTS) is 2. The molecule has 4 heteroatoms. The first-order chi connectivity index (χ1) is 9.00. The van der Waals surface area contributed by atoms with Crippen LogP contribution in [0.5, 0.6) is 0 Å². The van der Waals surface area contributed by atoms with Gasteiger partial charge in [-0.1, -0.05) is 30.3 Å². The van der Waals surface area contributed by atoms with Gasteiger partial charge in [0.2, 0.25) is 0 Å². The molecule has 0 unspecified atom stereocenters. The zero-order valence-corrected chi connectivity index (χ0v) is 10.3. The van der Waals surface area contributed by atoms with E-state index in [0.717, 1.165) is 11.1 Å². The molecule has 0 aliphatic carbocycles. The predicted octanol–water partition coefficient (Wildman–Crippen LogP) is 3.06. The third-order valence-corrected chi connectivity index (χ3v) is 2.93. The van der Waals surface area contributed by atoms with Crippen LogP contribution in [0, 0.1) is 6.92 Å². The minimum absolute atomic E-state index is 0.00537. The molecule has 0 saturated carbocycles. The molecule has 0 radical (unpaired) electrons. The molecule has 0 aliphatic rings. The van der Waals surface area contributed by atoms with E-state index in [4.69, 9.17) is 5.11 Å². The maximum absolute atomic E-state index is 11.3. The normalized spacial score (nSPS) is 10.2. The molecule has 2 rings (SSSR count). The Labute approximate surface area is 109 Å². The van der Waals surface area contributed by atoms with E-state index in [1.54, 1.807) is 0 Å². The summed E-state index contributed by atoms with van der Waals surface area (Å²) in [5.41, 5.74) is 2.21. The molecule has 0 atom stereocenters. The van der Waals surface area contributed by atoms with E-state index in [0.29, 0.717) is 5.56 Å². The highest BCUT2D eigenvalue weighted by atomic mass is 16.4. The Balaban J connectivity index is 2.67. The topological polar surface area (TPSA) is 74.6 Å². The molecule has 19 heavy (non-hydrogen) atoms. The van der Waals surface area contributed by atoms with Crippen LogP contribution in [0.25, 0.3) is 11.1 Å². The minimum atomic E-state index is -1.14. The fourth-order valence-corrected chi connectivity index (χ4v) is 1.96. The molecule has 0 fully saturated rings. The quantitative estimate of drug-likeness (QED) is 0.885. The Hall–Kier alpha value is -2.62. The molecule has 0 aliphatic heterocycles. The lowest BCUT2D eigenvalue weighted by molar-refractivity contribution is 0.0696. The van der Waals surface area contributed by atoms with Gasteiger partial charge in [-0.15, -0.1) is 0 Å². The molecule has 0 amide bonds. The molecule has 4 nitrogen and oxygen atoms in total. The lowest BCUT2D eigenvalue weighted by Gasteiger charge is -2.10. The van der Waals surface area contributed by atoms with Crippen molar-refractivity contribution in [2.24, 2.45) is 0 Å². The first-order valence-corrected chi connectivity index (χ1v) is 5.67. The highest BCUT2D eigenvalue weighted by Crippen LogP contribution is 2.27. The largest absolute Gasteiger partial charge is 0.478 e. The van der Waals surface area contributed by atoms with Crippen molar-refractivity contribution in [1.82, 2.24) is 0 Å². The van der Waals surface area contributed by atoms with Gasteiger partial charge in [-0.2, -0.15) is 0 Å². The van der Waals surface area contributed by atoms with E-state index in [9.17, 15) is 14.7 Å². The number of benzene rings is 2. The van der Waals surface area contributed by atoms with Gasteiger partial charge in [0.15, 0.2) is 0 Å². The summed E-state index contributed by atoms with van der Waals surface area (Å²) in [6.45, 7) is 1.88. The van der Waals surface area contributed by atoms with Crippen LogP contribution in [0.4, 0.5) is 0 Å². The van der Waals surface area contributed by atoms with Gasteiger partial charge in [-0.3, -0.25) is 0 Å². The maximum Gasteiger partial charge on any atom is 0.336 e. The summed E-state index contributed by atoms with van der Waals surface area (Å²) >= 11 is 0. The molecular formula is C15H12O4. The van der Waals surface area contributed by atoms with Crippen LogP contribution in [-0.2, 0) is 0 Å². The van der Waals surface area contributed by atoms with E-state index >= 15 is 0 Å². The van der Waals surface area contributed by atoms with E-state index in [1.807, 2.05) is 31.2 Å². The molecule has 0 heterocycles.